The lowest BCUT2D eigenvalue weighted by molar-refractivity contribution is -0.384. The fraction of sp³-hybridized carbons (Fsp3) is 0. The SMILES string of the molecule is O=C(Nc1cccc([N+](=O)[O-])c1)c1cc2ccc(O)cc2oc1=NNc1ccccc1. The van der Waals surface area contributed by atoms with Gasteiger partial charge in [0.05, 0.1) is 10.6 Å². The van der Waals surface area contributed by atoms with Crippen molar-refractivity contribution in [3.05, 3.63) is 100 Å². The molecule has 3 N–H and O–H groups in total. The van der Waals surface area contributed by atoms with Crippen LogP contribution in [0, 0.1) is 10.1 Å². The number of nitrogens with zero attached hydrogens (tertiary/aromatic N) is 2. The number of nitro benzene ring substituents is 1. The minimum Gasteiger partial charge on any atom is -0.508 e. The largest absolute Gasteiger partial charge is 0.508 e. The van der Waals surface area contributed by atoms with Crippen molar-refractivity contribution in [1.29, 1.82) is 0 Å². The zero-order valence-corrected chi connectivity index (χ0v) is 16.0. The summed E-state index contributed by atoms with van der Waals surface area (Å²) in [5, 5.41) is 28.1. The highest BCUT2D eigenvalue weighted by Crippen LogP contribution is 2.21. The van der Waals surface area contributed by atoms with Crippen LogP contribution in [0.2, 0.25) is 0 Å². The fourth-order valence-electron chi connectivity index (χ4n) is 2.88. The Kier molecular flexibility index (Phi) is 5.31. The fourth-order valence-corrected chi connectivity index (χ4v) is 2.88. The van der Waals surface area contributed by atoms with Crippen molar-refractivity contribution in [1.82, 2.24) is 0 Å². The Hall–Kier alpha value is -4.66. The molecule has 154 valence electrons. The van der Waals surface area contributed by atoms with E-state index in [4.69, 9.17) is 4.42 Å². The van der Waals surface area contributed by atoms with E-state index in [0.717, 1.165) is 0 Å². The number of amides is 1. The first-order valence-corrected chi connectivity index (χ1v) is 9.17. The van der Waals surface area contributed by atoms with Crippen molar-refractivity contribution in [2.24, 2.45) is 5.10 Å². The second-order valence-electron chi connectivity index (χ2n) is 6.54. The predicted molar refractivity (Wildman–Crippen MR) is 115 cm³/mol. The molecule has 9 nitrogen and oxygen atoms in total. The standard InChI is InChI=1S/C22H16N4O5/c27-18-10-9-14-11-19(21(28)23-16-7-4-8-17(12-16)26(29)30)22(31-20(14)13-18)25-24-15-5-2-1-3-6-15/h1-13,24,27H,(H,23,28). The molecule has 0 aliphatic rings. The average molecular weight is 416 g/mol. The first-order valence-electron chi connectivity index (χ1n) is 9.17. The van der Waals surface area contributed by atoms with Crippen molar-refractivity contribution in [3.63, 3.8) is 0 Å². The first-order chi connectivity index (χ1) is 15.0. The van der Waals surface area contributed by atoms with Crippen LogP contribution in [-0.2, 0) is 0 Å². The number of carbonyl (C=O) groups excluding carboxylic acids is 1. The Balaban J connectivity index is 1.75. The summed E-state index contributed by atoms with van der Waals surface area (Å²) < 4.78 is 5.76. The highest BCUT2D eigenvalue weighted by molar-refractivity contribution is 6.05. The third-order valence-electron chi connectivity index (χ3n) is 4.35. The molecule has 0 saturated carbocycles. The van der Waals surface area contributed by atoms with E-state index in [0.29, 0.717) is 16.7 Å². The lowest BCUT2D eigenvalue weighted by Gasteiger charge is -2.07. The molecule has 0 bridgehead atoms. The van der Waals surface area contributed by atoms with Crippen LogP contribution in [0.3, 0.4) is 0 Å². The number of rotatable bonds is 5. The highest BCUT2D eigenvalue weighted by atomic mass is 16.6. The highest BCUT2D eigenvalue weighted by Gasteiger charge is 2.15. The number of fused-ring (bicyclic) bond motifs is 1. The lowest BCUT2D eigenvalue weighted by atomic mass is 10.1. The molecule has 31 heavy (non-hydrogen) atoms. The average Bonchev–Trinajstić information content (AvgIpc) is 2.77. The molecule has 0 atom stereocenters. The molecular weight excluding hydrogens is 400 g/mol. The predicted octanol–water partition coefficient (Wildman–Crippen LogP) is 4.23. The molecule has 0 aliphatic heterocycles. The molecule has 0 aliphatic carbocycles. The Bertz CT molecular complexity index is 1350. The number of non-ortho nitro benzene ring substituents is 1. The topological polar surface area (TPSA) is 130 Å². The Morgan fingerprint density at radius 3 is 2.52 bits per heavy atom. The molecule has 1 aromatic heterocycles. The third-order valence-corrected chi connectivity index (χ3v) is 4.35. The quantitative estimate of drug-likeness (QED) is 0.330. The first kappa shape index (κ1) is 19.6. The molecule has 0 spiro atoms. The van der Waals surface area contributed by atoms with E-state index in [-0.39, 0.29) is 28.2 Å². The summed E-state index contributed by atoms with van der Waals surface area (Å²) in [5.74, 6) is -0.556. The molecule has 4 rings (SSSR count). The number of hydrogen-bond acceptors (Lipinski definition) is 7. The minimum atomic E-state index is -0.562. The number of nitrogens with one attached hydrogen (secondary N) is 2. The maximum absolute atomic E-state index is 13.0. The van der Waals surface area contributed by atoms with Crippen LogP contribution in [0.25, 0.3) is 11.0 Å². The van der Waals surface area contributed by atoms with Crippen LogP contribution in [0.4, 0.5) is 17.1 Å². The number of carbonyl (C=O) groups is 1. The molecule has 0 unspecified atom stereocenters. The van der Waals surface area contributed by atoms with E-state index < -0.39 is 10.8 Å². The van der Waals surface area contributed by atoms with Gasteiger partial charge in [0.25, 0.3) is 11.6 Å². The Morgan fingerprint density at radius 1 is 0.968 bits per heavy atom. The van der Waals surface area contributed by atoms with Crippen LogP contribution in [0.15, 0.2) is 88.4 Å². The van der Waals surface area contributed by atoms with Gasteiger partial charge < -0.3 is 14.8 Å². The summed E-state index contributed by atoms with van der Waals surface area (Å²) in [6, 6.07) is 20.7. The number of phenolic OH excluding ortho intramolecular Hbond substituents is 1. The number of nitro groups is 1. The Morgan fingerprint density at radius 2 is 1.74 bits per heavy atom. The molecule has 9 heteroatoms. The smallest absolute Gasteiger partial charge is 0.271 e. The van der Waals surface area contributed by atoms with E-state index in [2.05, 4.69) is 15.8 Å². The van der Waals surface area contributed by atoms with Gasteiger partial charge in [-0.3, -0.25) is 20.3 Å². The minimum absolute atomic E-state index is 0.00650. The van der Waals surface area contributed by atoms with Gasteiger partial charge in [-0.25, -0.2) is 0 Å². The van der Waals surface area contributed by atoms with Gasteiger partial charge in [-0.05, 0) is 36.4 Å². The maximum Gasteiger partial charge on any atom is 0.271 e. The number of para-hydroxylation sites is 1. The van der Waals surface area contributed by atoms with Gasteiger partial charge in [-0.1, -0.05) is 24.3 Å². The number of benzene rings is 3. The van der Waals surface area contributed by atoms with Gasteiger partial charge in [0.1, 0.15) is 16.9 Å². The monoisotopic (exact) mass is 416 g/mol. The zero-order valence-electron chi connectivity index (χ0n) is 16.0. The molecule has 1 heterocycles. The van der Waals surface area contributed by atoms with Gasteiger partial charge >= 0.3 is 0 Å². The summed E-state index contributed by atoms with van der Waals surface area (Å²) in [6.45, 7) is 0. The zero-order chi connectivity index (χ0) is 21.8. The summed E-state index contributed by atoms with van der Waals surface area (Å²) in [6.07, 6.45) is 0. The van der Waals surface area contributed by atoms with Gasteiger partial charge in [0, 0.05) is 29.3 Å². The van der Waals surface area contributed by atoms with Crippen LogP contribution in [0.1, 0.15) is 10.4 Å². The molecule has 0 fully saturated rings. The second kappa shape index (κ2) is 8.37. The number of anilines is 2. The normalized spacial score (nSPS) is 11.3. The van der Waals surface area contributed by atoms with Crippen molar-refractivity contribution >= 4 is 33.9 Å². The maximum atomic E-state index is 13.0. The van der Waals surface area contributed by atoms with E-state index in [9.17, 15) is 20.0 Å². The molecule has 4 aromatic rings. The van der Waals surface area contributed by atoms with Crippen LogP contribution in [-0.4, -0.2) is 15.9 Å². The van der Waals surface area contributed by atoms with Crippen molar-refractivity contribution in [3.8, 4) is 5.75 Å². The summed E-state index contributed by atoms with van der Waals surface area (Å²) >= 11 is 0. The molecule has 0 radical (unpaired) electrons. The van der Waals surface area contributed by atoms with E-state index in [1.54, 1.807) is 30.3 Å². The van der Waals surface area contributed by atoms with Crippen LogP contribution < -0.4 is 16.3 Å². The van der Waals surface area contributed by atoms with Crippen molar-refractivity contribution < 1.29 is 19.2 Å². The summed E-state index contributed by atoms with van der Waals surface area (Å²) in [4.78, 5) is 23.4. The van der Waals surface area contributed by atoms with E-state index >= 15 is 0 Å². The van der Waals surface area contributed by atoms with Gasteiger partial charge in [0.15, 0.2) is 0 Å². The number of aromatic hydroxyl groups is 1. The van der Waals surface area contributed by atoms with Gasteiger partial charge in [-0.2, -0.15) is 0 Å². The second-order valence-corrected chi connectivity index (χ2v) is 6.54. The van der Waals surface area contributed by atoms with Crippen molar-refractivity contribution in [2.45, 2.75) is 0 Å². The molecule has 3 aromatic carbocycles. The summed E-state index contributed by atoms with van der Waals surface area (Å²) in [5.41, 5.74) is 4.03. The lowest BCUT2D eigenvalue weighted by Crippen LogP contribution is -2.22. The summed E-state index contributed by atoms with van der Waals surface area (Å²) in [7, 11) is 0. The van der Waals surface area contributed by atoms with E-state index in [1.807, 2.05) is 18.2 Å². The van der Waals surface area contributed by atoms with Crippen LogP contribution in [0.5, 0.6) is 5.75 Å². The Labute approximate surface area is 175 Å². The number of phenols is 1. The number of hydrogen-bond donors (Lipinski definition) is 3. The van der Waals surface area contributed by atoms with E-state index in [1.165, 1.54) is 30.3 Å². The van der Waals surface area contributed by atoms with Crippen LogP contribution >= 0.6 is 0 Å². The van der Waals surface area contributed by atoms with Crippen molar-refractivity contribution in [2.75, 3.05) is 10.7 Å². The molecular formula is C22H16N4O5. The molecule has 0 saturated heterocycles. The third kappa shape index (κ3) is 4.51. The molecule has 1 amide bonds. The van der Waals surface area contributed by atoms with Gasteiger partial charge in [0.2, 0.25) is 5.55 Å². The van der Waals surface area contributed by atoms with Gasteiger partial charge in [-0.15, -0.1) is 5.10 Å².